The van der Waals surface area contributed by atoms with Gasteiger partial charge in [0.05, 0.1) is 28.4 Å². The Kier molecular flexibility index (Phi) is 8.02. The molecule has 0 bridgehead atoms. The van der Waals surface area contributed by atoms with Crippen LogP contribution in [-0.2, 0) is 23.6 Å². The number of carbonyl (C=O) groups excluding carboxylic acids is 2. The lowest BCUT2D eigenvalue weighted by Gasteiger charge is -2.14. The molecule has 36 heavy (non-hydrogen) atoms. The SMILES string of the molecule is Cc1ccc(NC(=O)Nc2nc(CNS(C)(=O)=O)c(Sc3nnnn3C)s2)c(C(=O)C2CCCC2)c1. The number of Topliss-reactive ketones (excluding diaryl/α,β-unsaturated/α-hetero) is 1. The van der Waals surface area contributed by atoms with Gasteiger partial charge in [-0.2, -0.15) is 0 Å². The summed E-state index contributed by atoms with van der Waals surface area (Å²) in [6.07, 6.45) is 4.86. The van der Waals surface area contributed by atoms with Gasteiger partial charge in [0, 0.05) is 18.5 Å². The third-order valence-electron chi connectivity index (χ3n) is 5.56. The minimum absolute atomic E-state index is 0.0195. The van der Waals surface area contributed by atoms with E-state index in [1.165, 1.54) is 16.4 Å². The standard InChI is InChI=1S/C21H26N8O4S3/c1-12-8-9-15(14(10-12)17(30)13-6-4-5-7-13)23-19(31)25-20-24-16(11-22-36(3,32)33)18(34-20)35-21-26-27-28-29(21)2/h8-10,13,22H,4-7,11H2,1-3H3,(H2,23,24,25,31). The van der Waals surface area contributed by atoms with E-state index in [-0.39, 0.29) is 23.4 Å². The predicted octanol–water partition coefficient (Wildman–Crippen LogP) is 3.19. The number of rotatable bonds is 9. The lowest BCUT2D eigenvalue weighted by atomic mass is 9.94. The average Bonchev–Trinajstić information content (AvgIpc) is 3.55. The molecule has 1 aromatic carbocycles. The molecule has 2 amide bonds. The monoisotopic (exact) mass is 550 g/mol. The first-order valence-electron chi connectivity index (χ1n) is 11.2. The van der Waals surface area contributed by atoms with Crippen molar-refractivity contribution in [3.05, 3.63) is 35.0 Å². The maximum Gasteiger partial charge on any atom is 0.325 e. The van der Waals surface area contributed by atoms with E-state index in [2.05, 4.69) is 35.9 Å². The van der Waals surface area contributed by atoms with Crippen LogP contribution >= 0.6 is 23.1 Å². The van der Waals surface area contributed by atoms with E-state index in [4.69, 9.17) is 0 Å². The first-order chi connectivity index (χ1) is 17.1. The Labute approximate surface area is 216 Å². The summed E-state index contributed by atoms with van der Waals surface area (Å²) >= 11 is 2.36. The van der Waals surface area contributed by atoms with Crippen molar-refractivity contribution in [1.29, 1.82) is 0 Å². The van der Waals surface area contributed by atoms with Crippen LogP contribution in [0.1, 0.15) is 47.3 Å². The second-order valence-electron chi connectivity index (χ2n) is 8.51. The molecule has 0 atom stereocenters. The number of aromatic nitrogens is 5. The second kappa shape index (κ2) is 11.0. The quantitative estimate of drug-likeness (QED) is 0.340. The molecule has 0 spiro atoms. The third kappa shape index (κ3) is 6.66. The van der Waals surface area contributed by atoms with Crippen LogP contribution < -0.4 is 15.4 Å². The molecule has 1 fully saturated rings. The van der Waals surface area contributed by atoms with Gasteiger partial charge in [0.25, 0.3) is 0 Å². The zero-order valence-electron chi connectivity index (χ0n) is 19.9. The summed E-state index contributed by atoms with van der Waals surface area (Å²) in [5, 5.41) is 17.5. The normalized spacial score (nSPS) is 14.2. The first-order valence-corrected chi connectivity index (χ1v) is 14.7. The number of nitrogens with zero attached hydrogens (tertiary/aromatic N) is 5. The number of benzene rings is 1. The van der Waals surface area contributed by atoms with Crippen LogP contribution in [0.3, 0.4) is 0 Å². The van der Waals surface area contributed by atoms with Crippen LogP contribution in [0.25, 0.3) is 0 Å². The molecule has 1 saturated carbocycles. The van der Waals surface area contributed by atoms with E-state index in [9.17, 15) is 18.0 Å². The third-order valence-corrected chi connectivity index (χ3v) is 8.49. The Balaban J connectivity index is 1.52. The number of anilines is 2. The molecule has 0 unspecified atom stereocenters. The molecule has 2 aromatic heterocycles. The molecule has 12 nitrogen and oxygen atoms in total. The van der Waals surface area contributed by atoms with Crippen molar-refractivity contribution < 1.29 is 18.0 Å². The largest absolute Gasteiger partial charge is 0.325 e. The Hall–Kier alpha value is -2.88. The van der Waals surface area contributed by atoms with Crippen molar-refractivity contribution in [3.63, 3.8) is 0 Å². The van der Waals surface area contributed by atoms with Gasteiger partial charge in [0.1, 0.15) is 0 Å². The minimum Gasteiger partial charge on any atom is -0.307 e. The highest BCUT2D eigenvalue weighted by molar-refractivity contribution is 8.01. The zero-order valence-corrected chi connectivity index (χ0v) is 22.4. The van der Waals surface area contributed by atoms with Crippen molar-refractivity contribution in [1.82, 2.24) is 29.9 Å². The van der Waals surface area contributed by atoms with Crippen LogP contribution in [0.15, 0.2) is 27.6 Å². The number of amides is 2. The number of sulfonamides is 1. The van der Waals surface area contributed by atoms with Gasteiger partial charge in [-0.1, -0.05) is 35.8 Å². The fourth-order valence-corrected chi connectivity index (χ4v) is 6.19. The highest BCUT2D eigenvalue weighted by Gasteiger charge is 2.26. The van der Waals surface area contributed by atoms with Gasteiger partial charge < -0.3 is 5.32 Å². The van der Waals surface area contributed by atoms with E-state index < -0.39 is 16.1 Å². The smallest absolute Gasteiger partial charge is 0.307 e. The summed E-state index contributed by atoms with van der Waals surface area (Å²) in [4.78, 5) is 30.3. The topological polar surface area (TPSA) is 161 Å². The Morgan fingerprint density at radius 2 is 1.97 bits per heavy atom. The predicted molar refractivity (Wildman–Crippen MR) is 137 cm³/mol. The molecule has 3 aromatic rings. The summed E-state index contributed by atoms with van der Waals surface area (Å²) in [6, 6.07) is 4.80. The minimum atomic E-state index is -3.46. The molecular formula is C21H26N8O4S3. The number of nitrogens with one attached hydrogen (secondary N) is 3. The lowest BCUT2D eigenvalue weighted by molar-refractivity contribution is 0.0923. The number of thiazole rings is 1. The van der Waals surface area contributed by atoms with Crippen LogP contribution in [-0.4, -0.2) is 51.7 Å². The summed E-state index contributed by atoms with van der Waals surface area (Å²) in [5.74, 6) is 0.0276. The van der Waals surface area contributed by atoms with Crippen molar-refractivity contribution in [2.24, 2.45) is 13.0 Å². The summed E-state index contributed by atoms with van der Waals surface area (Å²) < 4.78 is 27.7. The van der Waals surface area contributed by atoms with Gasteiger partial charge in [-0.25, -0.2) is 27.6 Å². The summed E-state index contributed by atoms with van der Waals surface area (Å²) in [7, 11) is -1.78. The van der Waals surface area contributed by atoms with E-state index in [1.54, 1.807) is 19.2 Å². The maximum atomic E-state index is 13.1. The van der Waals surface area contributed by atoms with Gasteiger partial charge >= 0.3 is 6.03 Å². The summed E-state index contributed by atoms with van der Waals surface area (Å²) in [5.41, 5.74) is 2.29. The summed E-state index contributed by atoms with van der Waals surface area (Å²) in [6.45, 7) is 1.84. The van der Waals surface area contributed by atoms with Crippen LogP contribution in [0.5, 0.6) is 0 Å². The van der Waals surface area contributed by atoms with E-state index in [0.717, 1.165) is 48.8 Å². The van der Waals surface area contributed by atoms with E-state index >= 15 is 0 Å². The number of ketones is 1. The Morgan fingerprint density at radius 3 is 2.64 bits per heavy atom. The Morgan fingerprint density at radius 1 is 1.22 bits per heavy atom. The molecule has 2 heterocycles. The molecule has 192 valence electrons. The maximum absolute atomic E-state index is 13.1. The van der Waals surface area contributed by atoms with Gasteiger partial charge in [0.15, 0.2) is 10.9 Å². The fraction of sp³-hybridized carbons (Fsp3) is 0.429. The van der Waals surface area contributed by atoms with Gasteiger partial charge in [-0.05, 0) is 54.1 Å². The van der Waals surface area contributed by atoms with Gasteiger partial charge in [-0.15, -0.1) is 5.10 Å². The second-order valence-corrected chi connectivity index (χ2v) is 12.6. The number of hydrogen-bond donors (Lipinski definition) is 3. The molecule has 0 saturated heterocycles. The molecular weight excluding hydrogens is 524 g/mol. The van der Waals surface area contributed by atoms with Gasteiger partial charge in [-0.3, -0.25) is 10.1 Å². The lowest BCUT2D eigenvalue weighted by Crippen LogP contribution is -2.23. The highest BCUT2D eigenvalue weighted by Crippen LogP contribution is 2.36. The average molecular weight is 551 g/mol. The first kappa shape index (κ1) is 26.2. The molecule has 0 aliphatic heterocycles. The van der Waals surface area contributed by atoms with Gasteiger partial charge in [0.2, 0.25) is 15.2 Å². The molecule has 15 heteroatoms. The molecule has 1 aliphatic carbocycles. The number of carbonyl (C=O) groups is 2. The fourth-order valence-electron chi connectivity index (χ4n) is 3.80. The van der Waals surface area contributed by atoms with Crippen LogP contribution in [0.4, 0.5) is 15.6 Å². The Bertz CT molecular complexity index is 1380. The van der Waals surface area contributed by atoms with E-state index in [0.29, 0.717) is 26.3 Å². The van der Waals surface area contributed by atoms with Crippen molar-refractivity contribution in [2.75, 3.05) is 16.9 Å². The molecule has 0 radical (unpaired) electrons. The van der Waals surface area contributed by atoms with E-state index in [1.807, 2.05) is 13.0 Å². The van der Waals surface area contributed by atoms with Crippen molar-refractivity contribution in [3.8, 4) is 0 Å². The molecule has 3 N–H and O–H groups in total. The van der Waals surface area contributed by atoms with Crippen molar-refractivity contribution in [2.45, 2.75) is 48.5 Å². The number of aryl methyl sites for hydroxylation is 2. The van der Waals surface area contributed by atoms with Crippen LogP contribution in [0.2, 0.25) is 0 Å². The van der Waals surface area contributed by atoms with Crippen molar-refractivity contribution >= 4 is 55.8 Å². The molecule has 4 rings (SSSR count). The van der Waals surface area contributed by atoms with Crippen LogP contribution in [0, 0.1) is 12.8 Å². The number of tetrazole rings is 1. The number of hydrogen-bond acceptors (Lipinski definition) is 10. The molecule has 1 aliphatic rings. The zero-order chi connectivity index (χ0) is 25.9. The highest BCUT2D eigenvalue weighted by atomic mass is 32.2. The number of urea groups is 1.